The first-order valence-corrected chi connectivity index (χ1v) is 9.14. The van der Waals surface area contributed by atoms with E-state index in [1.165, 1.54) is 21.2 Å². The van der Waals surface area contributed by atoms with Gasteiger partial charge in [0, 0.05) is 15.8 Å². The maximum absolute atomic E-state index is 2.57. The van der Waals surface area contributed by atoms with E-state index in [1.807, 2.05) is 11.8 Å². The van der Waals surface area contributed by atoms with E-state index < -0.39 is 0 Å². The van der Waals surface area contributed by atoms with Gasteiger partial charge in [-0.25, -0.2) is 0 Å². The Kier molecular flexibility index (Phi) is 6.40. The van der Waals surface area contributed by atoms with Crippen molar-refractivity contribution < 1.29 is 0 Å². The molecule has 3 rings (SSSR count). The minimum atomic E-state index is 0. The highest BCUT2D eigenvalue weighted by Crippen LogP contribution is 2.49. The van der Waals surface area contributed by atoms with Crippen LogP contribution in [0.2, 0.25) is 0 Å². The molecule has 2 atom stereocenters. The number of anilines is 2. The molecule has 0 fully saturated rings. The third-order valence-electron chi connectivity index (χ3n) is 4.76. The summed E-state index contributed by atoms with van der Waals surface area (Å²) in [6, 6.07) is 18.5. The Morgan fingerprint density at radius 1 is 0.833 bits per heavy atom. The van der Waals surface area contributed by atoms with Gasteiger partial charge >= 0.3 is 0 Å². The van der Waals surface area contributed by atoms with E-state index in [0.717, 1.165) is 0 Å². The van der Waals surface area contributed by atoms with Gasteiger partial charge in [-0.1, -0.05) is 49.9 Å². The number of halogens is 1. The van der Waals surface area contributed by atoms with Crippen molar-refractivity contribution in [2.45, 2.75) is 42.6 Å². The molecule has 0 amide bonds. The van der Waals surface area contributed by atoms with Gasteiger partial charge in [0.15, 0.2) is 0 Å². The Bertz CT molecular complexity index is 641. The van der Waals surface area contributed by atoms with E-state index in [-0.39, 0.29) is 17.0 Å². The predicted octanol–water partition coefficient (Wildman–Crippen LogP) is 5.84. The number of hydrogen-bond acceptors (Lipinski definition) is 3. The summed E-state index contributed by atoms with van der Waals surface area (Å²) in [6.45, 7) is 6.99. The molecule has 1 aliphatic rings. The molecular formula is C20H27BrN2S. The molecule has 2 nitrogen and oxygen atoms in total. The van der Waals surface area contributed by atoms with Crippen molar-refractivity contribution in [1.82, 2.24) is 4.90 Å². The van der Waals surface area contributed by atoms with Gasteiger partial charge in [-0.05, 0) is 51.2 Å². The number of hydrogen-bond donors (Lipinski definition) is 0. The second-order valence-electron chi connectivity index (χ2n) is 6.85. The van der Waals surface area contributed by atoms with Crippen molar-refractivity contribution >= 4 is 40.1 Å². The van der Waals surface area contributed by atoms with E-state index in [1.54, 1.807) is 0 Å². The van der Waals surface area contributed by atoms with E-state index >= 15 is 0 Å². The van der Waals surface area contributed by atoms with Crippen LogP contribution in [0, 0.1) is 5.92 Å². The van der Waals surface area contributed by atoms with Gasteiger partial charge in [0.25, 0.3) is 0 Å². The Morgan fingerprint density at radius 3 is 1.71 bits per heavy atom. The largest absolute Gasteiger partial charge is 0.335 e. The maximum Gasteiger partial charge on any atom is 0.0556 e. The summed E-state index contributed by atoms with van der Waals surface area (Å²) >= 11 is 1.88. The average molecular weight is 407 g/mol. The molecule has 1 heterocycles. The van der Waals surface area contributed by atoms with E-state index in [0.29, 0.717) is 18.0 Å². The highest BCUT2D eigenvalue weighted by molar-refractivity contribution is 8.93. The number of para-hydroxylation sites is 2. The van der Waals surface area contributed by atoms with Crippen LogP contribution < -0.4 is 4.90 Å². The van der Waals surface area contributed by atoms with Crippen molar-refractivity contribution in [3.63, 3.8) is 0 Å². The molecule has 0 N–H and O–H groups in total. The predicted molar refractivity (Wildman–Crippen MR) is 111 cm³/mol. The first kappa shape index (κ1) is 19.4. The first-order chi connectivity index (χ1) is 11.0. The van der Waals surface area contributed by atoms with Gasteiger partial charge in [-0.2, -0.15) is 0 Å². The maximum atomic E-state index is 2.57. The third kappa shape index (κ3) is 3.51. The van der Waals surface area contributed by atoms with Crippen LogP contribution in [0.1, 0.15) is 20.8 Å². The third-order valence-corrected chi connectivity index (χ3v) is 5.89. The molecule has 0 aromatic heterocycles. The van der Waals surface area contributed by atoms with Crippen molar-refractivity contribution in [1.29, 1.82) is 0 Å². The summed E-state index contributed by atoms with van der Waals surface area (Å²) in [5.41, 5.74) is 2.67. The number of benzene rings is 2. The van der Waals surface area contributed by atoms with Gasteiger partial charge in [0.1, 0.15) is 0 Å². The summed E-state index contributed by atoms with van der Waals surface area (Å²) in [5, 5.41) is 0. The van der Waals surface area contributed by atoms with Crippen molar-refractivity contribution in [3.05, 3.63) is 48.5 Å². The monoisotopic (exact) mass is 406 g/mol. The molecule has 24 heavy (non-hydrogen) atoms. The Hall–Kier alpha value is -0.970. The fourth-order valence-electron chi connectivity index (χ4n) is 3.43. The van der Waals surface area contributed by atoms with Gasteiger partial charge < -0.3 is 9.80 Å². The minimum absolute atomic E-state index is 0. The first-order valence-electron chi connectivity index (χ1n) is 8.32. The van der Waals surface area contributed by atoms with Gasteiger partial charge in [-0.3, -0.25) is 0 Å². The molecule has 0 bridgehead atoms. The number of nitrogens with zero attached hydrogens (tertiary/aromatic N) is 2. The Balaban J connectivity index is 0.00000208. The van der Waals surface area contributed by atoms with Crippen LogP contribution >= 0.6 is 28.7 Å². The van der Waals surface area contributed by atoms with Crippen LogP contribution in [0.15, 0.2) is 58.3 Å². The van der Waals surface area contributed by atoms with Crippen LogP contribution in [0.3, 0.4) is 0 Å². The second kappa shape index (κ2) is 7.94. The smallest absolute Gasteiger partial charge is 0.0556 e. The van der Waals surface area contributed by atoms with E-state index in [4.69, 9.17) is 0 Å². The molecule has 4 heteroatoms. The lowest BCUT2D eigenvalue weighted by Crippen LogP contribution is -2.50. The molecule has 1 aliphatic heterocycles. The summed E-state index contributed by atoms with van der Waals surface area (Å²) < 4.78 is 0. The molecule has 0 saturated carbocycles. The highest BCUT2D eigenvalue weighted by Gasteiger charge is 2.34. The zero-order valence-corrected chi connectivity index (χ0v) is 17.6. The van der Waals surface area contributed by atoms with E-state index in [2.05, 4.69) is 93.2 Å². The van der Waals surface area contributed by atoms with Crippen LogP contribution in [0.4, 0.5) is 11.4 Å². The topological polar surface area (TPSA) is 6.48 Å². The fraction of sp³-hybridized carbons (Fsp3) is 0.400. The van der Waals surface area contributed by atoms with E-state index in [9.17, 15) is 0 Å². The molecule has 130 valence electrons. The average Bonchev–Trinajstić information content (AvgIpc) is 2.53. The number of likely N-dealkylation sites (N-methyl/N-ethyl adjacent to an activating group) is 1. The van der Waals surface area contributed by atoms with Crippen LogP contribution in [0.25, 0.3) is 0 Å². The summed E-state index contributed by atoms with van der Waals surface area (Å²) in [7, 11) is 4.35. The standard InChI is InChI=1S/C20H26N2S.BrH/c1-14(2)20(15(3)21(4)5)22-16-10-6-8-12-18(16)23-19-13-9-7-11-17(19)22;/h6-15,20H,1-5H3;1H. The highest BCUT2D eigenvalue weighted by atomic mass is 79.9. The normalized spacial score (nSPS) is 15.5. The molecular weight excluding hydrogens is 380 g/mol. The van der Waals surface area contributed by atoms with Crippen molar-refractivity contribution in [2.75, 3.05) is 19.0 Å². The lowest BCUT2D eigenvalue weighted by molar-refractivity contribution is 0.237. The Labute approximate surface area is 161 Å². The molecule has 2 aromatic carbocycles. The quantitative estimate of drug-likeness (QED) is 0.629. The van der Waals surface area contributed by atoms with Gasteiger partial charge in [0.2, 0.25) is 0 Å². The van der Waals surface area contributed by atoms with Crippen LogP contribution in [0.5, 0.6) is 0 Å². The number of fused-ring (bicyclic) bond motifs is 2. The zero-order valence-electron chi connectivity index (χ0n) is 15.1. The second-order valence-corrected chi connectivity index (χ2v) is 7.93. The molecule has 0 spiro atoms. The molecule has 2 aromatic rings. The lowest BCUT2D eigenvalue weighted by Gasteiger charge is -2.45. The van der Waals surface area contributed by atoms with Crippen LogP contribution in [-0.4, -0.2) is 31.1 Å². The Morgan fingerprint density at radius 2 is 1.29 bits per heavy atom. The summed E-state index contributed by atoms with van der Waals surface area (Å²) in [4.78, 5) is 7.60. The molecule has 0 radical (unpaired) electrons. The van der Waals surface area contributed by atoms with Crippen LogP contribution in [-0.2, 0) is 0 Å². The van der Waals surface area contributed by atoms with Gasteiger partial charge in [0.05, 0.1) is 17.4 Å². The lowest BCUT2D eigenvalue weighted by atomic mass is 9.93. The summed E-state index contributed by atoms with van der Waals surface area (Å²) in [6.07, 6.45) is 0. The van der Waals surface area contributed by atoms with Crippen molar-refractivity contribution in [3.8, 4) is 0 Å². The molecule has 2 unspecified atom stereocenters. The molecule has 0 saturated heterocycles. The summed E-state index contributed by atoms with van der Waals surface area (Å²) in [5.74, 6) is 0.552. The minimum Gasteiger partial charge on any atom is -0.335 e. The van der Waals surface area contributed by atoms with Gasteiger partial charge in [-0.15, -0.1) is 17.0 Å². The SMILES string of the molecule is Br.CC(C)C(C(C)N(C)C)N1c2ccccc2Sc2ccccc21. The number of rotatable bonds is 4. The molecule has 0 aliphatic carbocycles. The fourth-order valence-corrected chi connectivity index (χ4v) is 4.50. The van der Waals surface area contributed by atoms with Crippen molar-refractivity contribution in [2.24, 2.45) is 5.92 Å². The zero-order chi connectivity index (χ0) is 16.6.